The van der Waals surface area contributed by atoms with Gasteiger partial charge in [0.15, 0.2) is 0 Å². The lowest BCUT2D eigenvalue weighted by molar-refractivity contribution is 0.202. The first-order chi connectivity index (χ1) is 11.2. The monoisotopic (exact) mass is 321 g/mol. The first kappa shape index (κ1) is 20.0. The number of aliphatic hydroxyl groups is 1. The molecule has 1 aromatic carbocycles. The standard InChI is InChI=1S/C20H35NO2/c1-3-5-6-7-8-14-23-19-12-10-18(11-13-19)20(21)15-17(16-22)9-4-2/h10-13,17,20,22H,3-9,14-16,21H2,1-2H3. The van der Waals surface area contributed by atoms with Crippen molar-refractivity contribution in [1.29, 1.82) is 0 Å². The Morgan fingerprint density at radius 2 is 1.70 bits per heavy atom. The topological polar surface area (TPSA) is 55.5 Å². The lowest BCUT2D eigenvalue weighted by Gasteiger charge is -2.19. The van der Waals surface area contributed by atoms with E-state index in [9.17, 15) is 5.11 Å². The Morgan fingerprint density at radius 3 is 2.30 bits per heavy atom. The van der Waals surface area contributed by atoms with Crippen LogP contribution in [0.1, 0.15) is 76.8 Å². The van der Waals surface area contributed by atoms with Gasteiger partial charge in [-0.3, -0.25) is 0 Å². The molecule has 132 valence electrons. The summed E-state index contributed by atoms with van der Waals surface area (Å²) in [6.45, 7) is 5.38. The highest BCUT2D eigenvalue weighted by molar-refractivity contribution is 5.29. The molecule has 1 aromatic rings. The van der Waals surface area contributed by atoms with Crippen molar-refractivity contribution in [2.45, 2.75) is 71.3 Å². The summed E-state index contributed by atoms with van der Waals surface area (Å²) < 4.78 is 5.78. The maximum absolute atomic E-state index is 9.40. The molecule has 0 fully saturated rings. The molecule has 0 saturated carbocycles. The Balaban J connectivity index is 2.34. The number of hydrogen-bond acceptors (Lipinski definition) is 3. The highest BCUT2D eigenvalue weighted by Crippen LogP contribution is 2.24. The molecule has 0 bridgehead atoms. The Kier molecular flexibility index (Phi) is 10.8. The summed E-state index contributed by atoms with van der Waals surface area (Å²) in [6.07, 6.45) is 9.22. The van der Waals surface area contributed by atoms with Crippen LogP contribution in [0.25, 0.3) is 0 Å². The molecule has 0 aliphatic rings. The van der Waals surface area contributed by atoms with Crippen molar-refractivity contribution in [2.75, 3.05) is 13.2 Å². The molecule has 3 N–H and O–H groups in total. The van der Waals surface area contributed by atoms with Crippen molar-refractivity contribution < 1.29 is 9.84 Å². The maximum Gasteiger partial charge on any atom is 0.119 e. The van der Waals surface area contributed by atoms with E-state index in [1.165, 1.54) is 25.7 Å². The minimum absolute atomic E-state index is 0.0122. The first-order valence-electron chi connectivity index (χ1n) is 9.30. The van der Waals surface area contributed by atoms with Gasteiger partial charge in [-0.1, -0.05) is 58.1 Å². The summed E-state index contributed by atoms with van der Waals surface area (Å²) in [6, 6.07) is 8.11. The predicted molar refractivity (Wildman–Crippen MR) is 97.7 cm³/mol. The van der Waals surface area contributed by atoms with Crippen molar-refractivity contribution in [3.05, 3.63) is 29.8 Å². The van der Waals surface area contributed by atoms with Crippen LogP contribution in [0, 0.1) is 5.92 Å². The second-order valence-electron chi connectivity index (χ2n) is 6.51. The van der Waals surface area contributed by atoms with Gasteiger partial charge in [0, 0.05) is 12.6 Å². The van der Waals surface area contributed by atoms with Gasteiger partial charge in [-0.2, -0.15) is 0 Å². The van der Waals surface area contributed by atoms with Gasteiger partial charge in [0.05, 0.1) is 6.61 Å². The van der Waals surface area contributed by atoms with Crippen molar-refractivity contribution >= 4 is 0 Å². The first-order valence-corrected chi connectivity index (χ1v) is 9.30. The van der Waals surface area contributed by atoms with Crippen molar-refractivity contribution in [3.8, 4) is 5.75 Å². The molecule has 0 amide bonds. The average molecular weight is 322 g/mol. The van der Waals surface area contributed by atoms with Crippen LogP contribution >= 0.6 is 0 Å². The van der Waals surface area contributed by atoms with E-state index >= 15 is 0 Å². The molecule has 0 aromatic heterocycles. The van der Waals surface area contributed by atoms with Gasteiger partial charge in [0.2, 0.25) is 0 Å². The van der Waals surface area contributed by atoms with E-state index in [1.54, 1.807) is 0 Å². The molecule has 0 spiro atoms. The molecular weight excluding hydrogens is 286 g/mol. The van der Waals surface area contributed by atoms with Crippen LogP contribution in [-0.4, -0.2) is 18.3 Å². The fourth-order valence-electron chi connectivity index (χ4n) is 2.89. The molecule has 0 heterocycles. The number of unbranched alkanes of at least 4 members (excludes halogenated alkanes) is 4. The molecular formula is C20H35NO2. The van der Waals surface area contributed by atoms with E-state index in [-0.39, 0.29) is 12.6 Å². The Morgan fingerprint density at radius 1 is 1.00 bits per heavy atom. The molecule has 23 heavy (non-hydrogen) atoms. The van der Waals surface area contributed by atoms with Crippen LogP contribution in [0.2, 0.25) is 0 Å². The second kappa shape index (κ2) is 12.4. The van der Waals surface area contributed by atoms with Gasteiger partial charge in [-0.05, 0) is 42.9 Å². The smallest absolute Gasteiger partial charge is 0.119 e. The van der Waals surface area contributed by atoms with E-state index in [0.29, 0.717) is 5.92 Å². The number of rotatable bonds is 13. The lowest BCUT2D eigenvalue weighted by Crippen LogP contribution is -2.17. The molecule has 0 radical (unpaired) electrons. The van der Waals surface area contributed by atoms with Crippen LogP contribution in [-0.2, 0) is 0 Å². The Hall–Kier alpha value is -1.06. The van der Waals surface area contributed by atoms with Crippen molar-refractivity contribution in [1.82, 2.24) is 0 Å². The number of benzene rings is 1. The van der Waals surface area contributed by atoms with E-state index in [4.69, 9.17) is 10.5 Å². The van der Waals surface area contributed by atoms with E-state index < -0.39 is 0 Å². The largest absolute Gasteiger partial charge is 0.494 e. The zero-order valence-corrected chi connectivity index (χ0v) is 15.0. The van der Waals surface area contributed by atoms with Crippen molar-refractivity contribution in [2.24, 2.45) is 11.7 Å². The molecule has 1 rings (SSSR count). The zero-order chi connectivity index (χ0) is 16.9. The second-order valence-corrected chi connectivity index (χ2v) is 6.51. The number of hydrogen-bond donors (Lipinski definition) is 2. The molecule has 2 unspecified atom stereocenters. The third-order valence-electron chi connectivity index (χ3n) is 4.37. The van der Waals surface area contributed by atoms with Crippen LogP contribution in [0.5, 0.6) is 5.75 Å². The van der Waals surface area contributed by atoms with Gasteiger partial charge >= 0.3 is 0 Å². The third-order valence-corrected chi connectivity index (χ3v) is 4.37. The average Bonchev–Trinajstić information content (AvgIpc) is 2.58. The van der Waals surface area contributed by atoms with Gasteiger partial charge in [0.25, 0.3) is 0 Å². The van der Waals surface area contributed by atoms with Crippen molar-refractivity contribution in [3.63, 3.8) is 0 Å². The number of ether oxygens (including phenoxy) is 1. The minimum Gasteiger partial charge on any atom is -0.494 e. The van der Waals surface area contributed by atoms with Gasteiger partial charge in [-0.25, -0.2) is 0 Å². The molecule has 0 aliphatic heterocycles. The quantitative estimate of drug-likeness (QED) is 0.511. The van der Waals surface area contributed by atoms with Gasteiger partial charge in [0.1, 0.15) is 5.75 Å². The minimum atomic E-state index is -0.0122. The Bertz CT molecular complexity index is 391. The Labute approximate surface area is 142 Å². The van der Waals surface area contributed by atoms with Gasteiger partial charge < -0.3 is 15.6 Å². The third kappa shape index (κ3) is 8.38. The highest BCUT2D eigenvalue weighted by atomic mass is 16.5. The molecule has 0 aliphatic carbocycles. The summed E-state index contributed by atoms with van der Waals surface area (Å²) in [4.78, 5) is 0. The summed E-state index contributed by atoms with van der Waals surface area (Å²) in [5.41, 5.74) is 7.39. The number of nitrogens with two attached hydrogens (primary N) is 1. The van der Waals surface area contributed by atoms with E-state index in [2.05, 4.69) is 26.0 Å². The van der Waals surface area contributed by atoms with Crippen LogP contribution < -0.4 is 10.5 Å². The van der Waals surface area contributed by atoms with E-state index in [1.807, 2.05) is 12.1 Å². The molecule has 2 atom stereocenters. The number of aliphatic hydroxyl groups excluding tert-OH is 1. The summed E-state index contributed by atoms with van der Waals surface area (Å²) >= 11 is 0. The van der Waals surface area contributed by atoms with Gasteiger partial charge in [-0.15, -0.1) is 0 Å². The normalized spacial score (nSPS) is 13.7. The van der Waals surface area contributed by atoms with E-state index in [0.717, 1.165) is 43.6 Å². The zero-order valence-electron chi connectivity index (χ0n) is 15.0. The summed E-state index contributed by atoms with van der Waals surface area (Å²) in [5, 5.41) is 9.40. The fourth-order valence-corrected chi connectivity index (χ4v) is 2.89. The molecule has 3 heteroatoms. The maximum atomic E-state index is 9.40. The SMILES string of the molecule is CCCCCCCOc1ccc(C(N)CC(CO)CCC)cc1. The fraction of sp³-hybridized carbons (Fsp3) is 0.700. The summed E-state index contributed by atoms with van der Waals surface area (Å²) in [5.74, 6) is 1.22. The van der Waals surface area contributed by atoms with Crippen LogP contribution in [0.15, 0.2) is 24.3 Å². The summed E-state index contributed by atoms with van der Waals surface area (Å²) in [7, 11) is 0. The predicted octanol–water partition coefficient (Wildman–Crippen LogP) is 4.83. The van der Waals surface area contributed by atoms with Crippen LogP contribution in [0.4, 0.5) is 0 Å². The highest BCUT2D eigenvalue weighted by Gasteiger charge is 2.13. The lowest BCUT2D eigenvalue weighted by atomic mass is 9.93. The molecule has 0 saturated heterocycles. The van der Waals surface area contributed by atoms with Crippen LogP contribution in [0.3, 0.4) is 0 Å². The molecule has 3 nitrogen and oxygen atoms in total.